The van der Waals surface area contributed by atoms with E-state index in [1.165, 1.54) is 71.0 Å². The molecule has 2 aliphatic rings. The Hall–Kier alpha value is 0.0969. The molecule has 118 valence electrons. The van der Waals surface area contributed by atoms with E-state index in [0.717, 1.165) is 6.04 Å². The van der Waals surface area contributed by atoms with Gasteiger partial charge in [0.15, 0.2) is 9.84 Å². The average molecular weight is 298 g/mol. The minimum atomic E-state index is -0.124. The lowest BCUT2D eigenvalue weighted by Crippen LogP contribution is -2.75. The fourth-order valence-corrected chi connectivity index (χ4v) is 6.20. The number of nitrogens with zero attached hydrogens (tertiary/aromatic N) is 3. The summed E-state index contributed by atoms with van der Waals surface area (Å²) in [6.45, 7) is 10.7. The molecule has 1 saturated heterocycles. The zero-order valence-electron chi connectivity index (χ0n) is 14.0. The minimum Gasteiger partial charge on any atom is -0.289 e. The van der Waals surface area contributed by atoms with Crippen LogP contribution in [0.3, 0.4) is 0 Å². The normalized spacial score (nSPS) is 27.3. The molecule has 0 amide bonds. The van der Waals surface area contributed by atoms with E-state index in [0.29, 0.717) is 6.29 Å². The molecule has 1 heterocycles. The molecule has 1 aliphatic carbocycles. The van der Waals surface area contributed by atoms with Crippen molar-refractivity contribution >= 4 is 9.84 Å². The van der Waals surface area contributed by atoms with Gasteiger partial charge in [-0.05, 0) is 38.9 Å². The summed E-state index contributed by atoms with van der Waals surface area (Å²) >= 11 is 0. The Morgan fingerprint density at radius 3 is 2.30 bits per heavy atom. The minimum absolute atomic E-state index is 0.124. The van der Waals surface area contributed by atoms with Gasteiger partial charge in [-0.25, -0.2) is 0 Å². The van der Waals surface area contributed by atoms with Gasteiger partial charge in [0.25, 0.3) is 0 Å². The van der Waals surface area contributed by atoms with Crippen molar-refractivity contribution in [2.45, 2.75) is 84.5 Å². The van der Waals surface area contributed by atoms with Crippen LogP contribution in [0.5, 0.6) is 0 Å². The van der Waals surface area contributed by atoms with Crippen LogP contribution in [0.1, 0.15) is 72.1 Å². The molecule has 4 heteroatoms. The Bertz CT molecular complexity index is 264. The lowest BCUT2D eigenvalue weighted by Gasteiger charge is -2.58. The number of hydrogen-bond donors (Lipinski definition) is 0. The second-order valence-corrected chi connectivity index (χ2v) is 8.36. The summed E-state index contributed by atoms with van der Waals surface area (Å²) < 4.78 is 5.77. The van der Waals surface area contributed by atoms with Crippen LogP contribution in [0, 0.1) is 0 Å². The molecule has 1 atom stereocenters. The molecule has 0 spiro atoms. The summed E-state index contributed by atoms with van der Waals surface area (Å²) in [7, 11) is -0.124. The fourth-order valence-electron chi connectivity index (χ4n) is 3.93. The number of hydrogen-bond acceptors (Lipinski definition) is 3. The maximum atomic E-state index is 2.93. The van der Waals surface area contributed by atoms with E-state index in [1.807, 2.05) is 0 Å². The second-order valence-electron chi connectivity index (χ2n) is 6.53. The molecular weight excluding hydrogens is 262 g/mol. The van der Waals surface area contributed by atoms with Crippen LogP contribution in [0.25, 0.3) is 0 Å². The van der Waals surface area contributed by atoms with E-state index in [-0.39, 0.29) is 9.84 Å². The molecule has 0 aromatic carbocycles. The Labute approximate surface area is 128 Å². The van der Waals surface area contributed by atoms with Crippen molar-refractivity contribution in [3.63, 3.8) is 0 Å². The molecule has 0 aromatic heterocycles. The topological polar surface area (TPSA) is 9.72 Å². The van der Waals surface area contributed by atoms with E-state index >= 15 is 0 Å². The maximum Gasteiger partial charge on any atom is 0.177 e. The molecule has 20 heavy (non-hydrogen) atoms. The number of rotatable bonds is 8. The van der Waals surface area contributed by atoms with Crippen molar-refractivity contribution in [1.82, 2.24) is 14.0 Å². The first-order valence-corrected chi connectivity index (χ1v) is 10.3. The van der Waals surface area contributed by atoms with Gasteiger partial charge in [-0.3, -0.25) is 14.0 Å². The third-order valence-electron chi connectivity index (χ3n) is 5.20. The van der Waals surface area contributed by atoms with E-state index in [4.69, 9.17) is 0 Å². The zero-order valence-corrected chi connectivity index (χ0v) is 15.4. The monoisotopic (exact) mass is 297 g/mol. The van der Waals surface area contributed by atoms with Crippen molar-refractivity contribution in [2.24, 2.45) is 0 Å². The second kappa shape index (κ2) is 8.52. The third kappa shape index (κ3) is 3.84. The van der Waals surface area contributed by atoms with E-state index < -0.39 is 0 Å². The molecule has 2 rings (SSSR count). The molecule has 1 saturated carbocycles. The first kappa shape index (κ1) is 16.5. The van der Waals surface area contributed by atoms with Gasteiger partial charge >= 0.3 is 0 Å². The molecular formula is C16H35N3Si. The molecule has 0 aromatic rings. The first-order valence-electron chi connectivity index (χ1n) is 9.05. The lowest BCUT2D eigenvalue weighted by atomic mass is 9.95. The summed E-state index contributed by atoms with van der Waals surface area (Å²) in [6.07, 6.45) is 12.2. The Morgan fingerprint density at radius 1 is 1.00 bits per heavy atom. The molecule has 0 bridgehead atoms. The smallest absolute Gasteiger partial charge is 0.177 e. The van der Waals surface area contributed by atoms with Crippen molar-refractivity contribution in [3.05, 3.63) is 0 Å². The SMILES string of the molecule is CCCCCN1[SiH2]N(C2CCCCC2)C1N(CC)CC. The highest BCUT2D eigenvalue weighted by Gasteiger charge is 2.42. The van der Waals surface area contributed by atoms with Crippen LogP contribution >= 0.6 is 0 Å². The Morgan fingerprint density at radius 2 is 1.70 bits per heavy atom. The summed E-state index contributed by atoms with van der Waals surface area (Å²) in [6, 6.07) is 0.920. The zero-order chi connectivity index (χ0) is 14.4. The standard InChI is InChI=1S/C16H35N3Si/c1-4-7-11-14-18-16(17(5-2)6-3)19(20-18)15-12-9-8-10-13-15/h15-16H,4-14,20H2,1-3H3. The van der Waals surface area contributed by atoms with Crippen LogP contribution in [0.15, 0.2) is 0 Å². The molecule has 1 unspecified atom stereocenters. The summed E-state index contributed by atoms with van der Waals surface area (Å²) in [5.41, 5.74) is 0. The molecule has 2 fully saturated rings. The van der Waals surface area contributed by atoms with E-state index in [9.17, 15) is 0 Å². The predicted molar refractivity (Wildman–Crippen MR) is 90.2 cm³/mol. The van der Waals surface area contributed by atoms with Gasteiger partial charge in [0.1, 0.15) is 6.29 Å². The first-order chi connectivity index (χ1) is 9.81. The average Bonchev–Trinajstić information content (AvgIpc) is 2.48. The number of unbranched alkanes of at least 4 members (excludes halogenated alkanes) is 2. The highest BCUT2D eigenvalue weighted by molar-refractivity contribution is 6.32. The highest BCUT2D eigenvalue weighted by Crippen LogP contribution is 2.31. The van der Waals surface area contributed by atoms with Crippen LogP contribution in [-0.2, 0) is 0 Å². The molecule has 0 N–H and O–H groups in total. The van der Waals surface area contributed by atoms with Gasteiger partial charge in [-0.1, -0.05) is 52.9 Å². The van der Waals surface area contributed by atoms with Crippen LogP contribution in [0.4, 0.5) is 0 Å². The summed E-state index contributed by atoms with van der Waals surface area (Å²) in [4.78, 5) is 2.68. The van der Waals surface area contributed by atoms with Gasteiger partial charge in [-0.15, -0.1) is 0 Å². The largest absolute Gasteiger partial charge is 0.289 e. The quantitative estimate of drug-likeness (QED) is 0.504. The Balaban J connectivity index is 1.91. The van der Waals surface area contributed by atoms with Gasteiger partial charge < -0.3 is 0 Å². The third-order valence-corrected chi connectivity index (χ3v) is 7.38. The van der Waals surface area contributed by atoms with Crippen molar-refractivity contribution in [1.29, 1.82) is 0 Å². The van der Waals surface area contributed by atoms with E-state index in [1.54, 1.807) is 0 Å². The van der Waals surface area contributed by atoms with Gasteiger partial charge in [0.05, 0.1) is 0 Å². The Kier molecular flexibility index (Phi) is 7.01. The van der Waals surface area contributed by atoms with Crippen LogP contribution in [0.2, 0.25) is 0 Å². The maximum absolute atomic E-state index is 2.93. The van der Waals surface area contributed by atoms with Crippen molar-refractivity contribution < 1.29 is 0 Å². The predicted octanol–water partition coefficient (Wildman–Crippen LogP) is 2.75. The van der Waals surface area contributed by atoms with Gasteiger partial charge in [0, 0.05) is 6.04 Å². The van der Waals surface area contributed by atoms with Crippen molar-refractivity contribution in [3.8, 4) is 0 Å². The molecule has 3 nitrogen and oxygen atoms in total. The highest BCUT2D eigenvalue weighted by atomic mass is 28.2. The van der Waals surface area contributed by atoms with Crippen LogP contribution < -0.4 is 0 Å². The van der Waals surface area contributed by atoms with Crippen LogP contribution in [-0.4, -0.2) is 55.8 Å². The summed E-state index contributed by atoms with van der Waals surface area (Å²) in [5.74, 6) is 0. The van der Waals surface area contributed by atoms with Gasteiger partial charge in [0.2, 0.25) is 0 Å². The lowest BCUT2D eigenvalue weighted by molar-refractivity contribution is -0.0648. The van der Waals surface area contributed by atoms with E-state index in [2.05, 4.69) is 34.8 Å². The fraction of sp³-hybridized carbons (Fsp3) is 1.00. The summed E-state index contributed by atoms with van der Waals surface area (Å²) in [5, 5.41) is 0. The van der Waals surface area contributed by atoms with Gasteiger partial charge in [-0.2, -0.15) is 0 Å². The molecule has 1 aliphatic heterocycles. The van der Waals surface area contributed by atoms with Crippen molar-refractivity contribution in [2.75, 3.05) is 19.6 Å². The molecule has 0 radical (unpaired) electrons.